The monoisotopic (exact) mass is 388 g/mol. The number of halogens is 2. The molecule has 0 radical (unpaired) electrons. The number of benzene rings is 1. The van der Waals surface area contributed by atoms with Crippen molar-refractivity contribution in [1.82, 2.24) is 9.78 Å². The van der Waals surface area contributed by atoms with Crippen LogP contribution in [0.5, 0.6) is 0 Å². The predicted octanol–water partition coefficient (Wildman–Crippen LogP) is 4.48. The molecule has 0 aliphatic heterocycles. The first-order chi connectivity index (χ1) is 8.81. The number of ether oxygens (including phenoxy) is 1. The lowest BCUT2D eigenvalue weighted by Crippen LogP contribution is -2.27. The molecule has 0 aliphatic rings. The SMILES string of the molecule is CC(C)(C)OC(=O)n1nc(CBr)c2cc(Br)ccc21. The van der Waals surface area contributed by atoms with E-state index in [0.29, 0.717) is 5.33 Å². The Hall–Kier alpha value is -0.880. The van der Waals surface area contributed by atoms with Gasteiger partial charge in [-0.15, -0.1) is 0 Å². The van der Waals surface area contributed by atoms with Crippen LogP contribution in [0.25, 0.3) is 10.9 Å². The summed E-state index contributed by atoms with van der Waals surface area (Å²) in [6, 6.07) is 5.67. The Kier molecular flexibility index (Phi) is 4.01. The molecule has 0 amide bonds. The van der Waals surface area contributed by atoms with Crippen molar-refractivity contribution in [3.8, 4) is 0 Å². The molecule has 0 N–H and O–H groups in total. The van der Waals surface area contributed by atoms with Gasteiger partial charge in [0.25, 0.3) is 0 Å². The number of hydrogen-bond donors (Lipinski definition) is 0. The molecule has 1 aromatic heterocycles. The van der Waals surface area contributed by atoms with E-state index in [-0.39, 0.29) is 0 Å². The third-order valence-electron chi connectivity index (χ3n) is 2.41. The van der Waals surface area contributed by atoms with E-state index in [0.717, 1.165) is 21.1 Å². The highest BCUT2D eigenvalue weighted by molar-refractivity contribution is 9.10. The summed E-state index contributed by atoms with van der Waals surface area (Å²) >= 11 is 6.81. The number of nitrogens with zero attached hydrogens (tertiary/aromatic N) is 2. The van der Waals surface area contributed by atoms with Crippen LogP contribution in [-0.4, -0.2) is 21.5 Å². The number of fused-ring (bicyclic) bond motifs is 1. The van der Waals surface area contributed by atoms with Crippen LogP contribution in [0.3, 0.4) is 0 Å². The van der Waals surface area contributed by atoms with E-state index in [1.165, 1.54) is 4.68 Å². The second kappa shape index (κ2) is 5.25. The Morgan fingerprint density at radius 2 is 2.11 bits per heavy atom. The molecule has 0 aliphatic carbocycles. The minimum Gasteiger partial charge on any atom is -0.442 e. The van der Waals surface area contributed by atoms with Crippen molar-refractivity contribution < 1.29 is 9.53 Å². The summed E-state index contributed by atoms with van der Waals surface area (Å²) in [6.07, 6.45) is -0.466. The van der Waals surface area contributed by atoms with Gasteiger partial charge in [-0.05, 0) is 39.0 Å². The summed E-state index contributed by atoms with van der Waals surface area (Å²) < 4.78 is 7.61. The van der Waals surface area contributed by atoms with E-state index in [4.69, 9.17) is 4.74 Å². The van der Waals surface area contributed by atoms with E-state index < -0.39 is 11.7 Å². The standard InChI is InChI=1S/C13H14Br2N2O2/c1-13(2,3)19-12(18)17-11-5-4-8(15)6-9(11)10(7-14)16-17/h4-6H,7H2,1-3H3. The molecule has 1 heterocycles. The van der Waals surface area contributed by atoms with E-state index in [9.17, 15) is 4.79 Å². The number of alkyl halides is 1. The molecule has 2 aromatic rings. The lowest BCUT2D eigenvalue weighted by molar-refractivity contribution is 0.0522. The Morgan fingerprint density at radius 1 is 1.42 bits per heavy atom. The molecule has 102 valence electrons. The number of carbonyl (C=O) groups is 1. The molecule has 0 saturated carbocycles. The fourth-order valence-corrected chi connectivity index (χ4v) is 2.47. The van der Waals surface area contributed by atoms with Gasteiger partial charge < -0.3 is 4.74 Å². The molecule has 0 atom stereocenters. The molecule has 0 saturated heterocycles. The Bertz CT molecular complexity index is 629. The van der Waals surface area contributed by atoms with Crippen molar-refractivity contribution in [1.29, 1.82) is 0 Å². The summed E-state index contributed by atoms with van der Waals surface area (Å²) in [7, 11) is 0. The third kappa shape index (κ3) is 3.17. The normalized spacial score (nSPS) is 11.8. The first kappa shape index (κ1) is 14.5. The first-order valence-electron chi connectivity index (χ1n) is 5.78. The van der Waals surface area contributed by atoms with E-state index in [1.807, 2.05) is 39.0 Å². The highest BCUT2D eigenvalue weighted by Crippen LogP contribution is 2.25. The highest BCUT2D eigenvalue weighted by atomic mass is 79.9. The van der Waals surface area contributed by atoms with Crippen molar-refractivity contribution in [3.63, 3.8) is 0 Å². The highest BCUT2D eigenvalue weighted by Gasteiger charge is 2.21. The van der Waals surface area contributed by atoms with Gasteiger partial charge in [-0.1, -0.05) is 31.9 Å². The molecule has 0 spiro atoms. The van der Waals surface area contributed by atoms with Crippen molar-refractivity contribution in [2.45, 2.75) is 31.7 Å². The van der Waals surface area contributed by atoms with Gasteiger partial charge in [0.05, 0.1) is 11.2 Å². The molecular formula is C13H14Br2N2O2. The van der Waals surface area contributed by atoms with Crippen LogP contribution in [-0.2, 0) is 10.1 Å². The Labute approximate surface area is 128 Å². The zero-order chi connectivity index (χ0) is 14.2. The van der Waals surface area contributed by atoms with Crippen LogP contribution in [0.2, 0.25) is 0 Å². The zero-order valence-corrected chi connectivity index (χ0v) is 14.1. The smallest absolute Gasteiger partial charge is 0.435 e. The van der Waals surface area contributed by atoms with Crippen molar-refractivity contribution in [3.05, 3.63) is 28.4 Å². The maximum Gasteiger partial charge on any atom is 0.435 e. The average Bonchev–Trinajstić information content (AvgIpc) is 2.64. The number of hydrogen-bond acceptors (Lipinski definition) is 3. The molecular weight excluding hydrogens is 376 g/mol. The van der Waals surface area contributed by atoms with Crippen LogP contribution in [0.4, 0.5) is 4.79 Å². The predicted molar refractivity (Wildman–Crippen MR) is 81.7 cm³/mol. The Morgan fingerprint density at radius 3 is 2.68 bits per heavy atom. The minimum atomic E-state index is -0.542. The van der Waals surface area contributed by atoms with Gasteiger partial charge in [0.1, 0.15) is 5.60 Å². The number of carbonyl (C=O) groups excluding carboxylic acids is 1. The van der Waals surface area contributed by atoms with E-state index in [1.54, 1.807) is 0 Å². The van der Waals surface area contributed by atoms with Crippen molar-refractivity contribution >= 4 is 48.9 Å². The van der Waals surface area contributed by atoms with Gasteiger partial charge in [0.2, 0.25) is 0 Å². The second-order valence-electron chi connectivity index (χ2n) is 5.13. The van der Waals surface area contributed by atoms with Gasteiger partial charge in [0.15, 0.2) is 0 Å². The lowest BCUT2D eigenvalue weighted by atomic mass is 10.2. The quantitative estimate of drug-likeness (QED) is 0.675. The largest absolute Gasteiger partial charge is 0.442 e. The van der Waals surface area contributed by atoms with Crippen LogP contribution in [0.15, 0.2) is 22.7 Å². The topological polar surface area (TPSA) is 44.1 Å². The zero-order valence-electron chi connectivity index (χ0n) is 10.9. The molecule has 0 unspecified atom stereocenters. The van der Waals surface area contributed by atoms with Crippen molar-refractivity contribution in [2.75, 3.05) is 0 Å². The summed E-state index contributed by atoms with van der Waals surface area (Å²) in [5.41, 5.74) is 1.01. The molecule has 0 bridgehead atoms. The Balaban J connectivity index is 2.52. The van der Waals surface area contributed by atoms with Gasteiger partial charge in [-0.25, -0.2) is 4.79 Å². The van der Waals surface area contributed by atoms with Gasteiger partial charge in [0, 0.05) is 15.2 Å². The summed E-state index contributed by atoms with van der Waals surface area (Å²) in [5.74, 6) is 0. The second-order valence-corrected chi connectivity index (χ2v) is 6.61. The molecule has 19 heavy (non-hydrogen) atoms. The van der Waals surface area contributed by atoms with Gasteiger partial charge in [-0.2, -0.15) is 9.78 Å². The van der Waals surface area contributed by atoms with Gasteiger partial charge in [-0.3, -0.25) is 0 Å². The maximum atomic E-state index is 12.1. The summed E-state index contributed by atoms with van der Waals surface area (Å²) in [5, 5.41) is 5.81. The first-order valence-corrected chi connectivity index (χ1v) is 7.70. The minimum absolute atomic E-state index is 0.466. The van der Waals surface area contributed by atoms with E-state index in [2.05, 4.69) is 37.0 Å². The molecule has 2 rings (SSSR count). The van der Waals surface area contributed by atoms with Crippen LogP contribution in [0, 0.1) is 0 Å². The molecule has 0 fully saturated rings. The number of rotatable bonds is 1. The van der Waals surface area contributed by atoms with Crippen molar-refractivity contribution in [2.24, 2.45) is 0 Å². The van der Waals surface area contributed by atoms with Crippen LogP contribution in [0.1, 0.15) is 26.5 Å². The van der Waals surface area contributed by atoms with E-state index >= 15 is 0 Å². The number of aromatic nitrogens is 2. The maximum absolute atomic E-state index is 12.1. The fourth-order valence-electron chi connectivity index (χ4n) is 1.70. The van der Waals surface area contributed by atoms with Crippen LogP contribution >= 0.6 is 31.9 Å². The van der Waals surface area contributed by atoms with Crippen LogP contribution < -0.4 is 0 Å². The molecule has 1 aromatic carbocycles. The fraction of sp³-hybridized carbons (Fsp3) is 0.385. The summed E-state index contributed by atoms with van der Waals surface area (Å²) in [4.78, 5) is 12.1. The molecule has 6 heteroatoms. The lowest BCUT2D eigenvalue weighted by Gasteiger charge is -2.19. The molecule has 4 nitrogen and oxygen atoms in total. The van der Waals surface area contributed by atoms with Gasteiger partial charge >= 0.3 is 6.09 Å². The average molecular weight is 390 g/mol. The summed E-state index contributed by atoms with van der Waals surface area (Å²) in [6.45, 7) is 5.50. The third-order valence-corrected chi connectivity index (χ3v) is 3.44.